The van der Waals surface area contributed by atoms with E-state index in [4.69, 9.17) is 0 Å². The molecule has 0 spiro atoms. The summed E-state index contributed by atoms with van der Waals surface area (Å²) in [5.41, 5.74) is 4.26. The minimum absolute atomic E-state index is 0.0387. The predicted octanol–water partition coefficient (Wildman–Crippen LogP) is 4.09. The van der Waals surface area contributed by atoms with Gasteiger partial charge in [0.2, 0.25) is 0 Å². The Morgan fingerprint density at radius 2 is 1.87 bits per heavy atom. The van der Waals surface area contributed by atoms with E-state index < -0.39 is 0 Å². The number of likely N-dealkylation sites (tertiary alicyclic amines) is 1. The molecule has 0 aliphatic carbocycles. The number of amides is 1. The van der Waals surface area contributed by atoms with E-state index in [0.29, 0.717) is 5.56 Å². The largest absolute Gasteiger partial charge is 0.349 e. The predicted molar refractivity (Wildman–Crippen MR) is 122 cm³/mol. The van der Waals surface area contributed by atoms with Gasteiger partial charge in [0.1, 0.15) is 0 Å². The summed E-state index contributed by atoms with van der Waals surface area (Å²) in [5.74, 6) is 0.846. The third-order valence-electron chi connectivity index (χ3n) is 6.04. The molecule has 31 heavy (non-hydrogen) atoms. The smallest absolute Gasteiger partial charge is 0.255 e. The summed E-state index contributed by atoms with van der Waals surface area (Å²) >= 11 is 0. The third-order valence-corrected chi connectivity index (χ3v) is 6.04. The van der Waals surface area contributed by atoms with E-state index in [9.17, 15) is 4.79 Å². The fraction of sp³-hybridized carbons (Fsp3) is 0.400. The Bertz CT molecular complexity index is 1020. The molecule has 2 aromatic heterocycles. The average Bonchev–Trinajstić information content (AvgIpc) is 3.23. The number of aromatic nitrogens is 3. The summed E-state index contributed by atoms with van der Waals surface area (Å²) < 4.78 is 1.78. The Balaban J connectivity index is 1.39. The molecule has 1 aliphatic rings. The minimum Gasteiger partial charge on any atom is -0.349 e. The first-order valence-electron chi connectivity index (χ1n) is 11.1. The molecule has 0 unspecified atom stereocenters. The number of nitrogens with zero attached hydrogens (tertiary/aromatic N) is 4. The molecular formula is C25H31N5O. The highest BCUT2D eigenvalue weighted by Crippen LogP contribution is 2.23. The fourth-order valence-corrected chi connectivity index (χ4v) is 4.28. The van der Waals surface area contributed by atoms with Gasteiger partial charge in [0.15, 0.2) is 5.82 Å². The zero-order valence-electron chi connectivity index (χ0n) is 18.6. The van der Waals surface area contributed by atoms with Crippen LogP contribution in [0.1, 0.15) is 59.8 Å². The Kier molecular flexibility index (Phi) is 6.47. The lowest BCUT2D eigenvalue weighted by Crippen LogP contribution is -2.44. The minimum atomic E-state index is -0.0387. The van der Waals surface area contributed by atoms with E-state index in [-0.39, 0.29) is 17.9 Å². The number of hydrogen-bond acceptors (Lipinski definition) is 4. The number of carbonyl (C=O) groups is 1. The first-order chi connectivity index (χ1) is 15.0. The van der Waals surface area contributed by atoms with Crippen LogP contribution in [-0.2, 0) is 6.54 Å². The Morgan fingerprint density at radius 3 is 2.55 bits per heavy atom. The van der Waals surface area contributed by atoms with Gasteiger partial charge in [-0.1, -0.05) is 44.2 Å². The maximum absolute atomic E-state index is 13.1. The van der Waals surface area contributed by atoms with Gasteiger partial charge >= 0.3 is 0 Å². The molecule has 3 aromatic rings. The average molecular weight is 418 g/mol. The van der Waals surface area contributed by atoms with E-state index >= 15 is 0 Å². The summed E-state index contributed by atoms with van der Waals surface area (Å²) in [4.78, 5) is 20.0. The van der Waals surface area contributed by atoms with Crippen molar-refractivity contribution in [3.63, 3.8) is 0 Å². The molecule has 1 saturated heterocycles. The van der Waals surface area contributed by atoms with Crippen LogP contribution in [0.25, 0.3) is 5.82 Å². The van der Waals surface area contributed by atoms with E-state index in [1.165, 1.54) is 11.1 Å². The van der Waals surface area contributed by atoms with Crippen LogP contribution in [0.3, 0.4) is 0 Å². The molecule has 4 rings (SSSR count). The lowest BCUT2D eigenvalue weighted by molar-refractivity contribution is 0.0907. The second-order valence-electron chi connectivity index (χ2n) is 8.65. The molecule has 0 saturated carbocycles. The fourth-order valence-electron chi connectivity index (χ4n) is 4.28. The Hall–Kier alpha value is -2.99. The summed E-state index contributed by atoms with van der Waals surface area (Å²) in [6.45, 7) is 9.28. The molecule has 0 radical (unpaired) electrons. The number of pyridine rings is 1. The molecule has 162 valence electrons. The molecule has 1 fully saturated rings. The van der Waals surface area contributed by atoms with Gasteiger partial charge in [0, 0.05) is 31.9 Å². The van der Waals surface area contributed by atoms with Crippen molar-refractivity contribution in [2.45, 2.75) is 52.1 Å². The van der Waals surface area contributed by atoms with Gasteiger partial charge < -0.3 is 5.32 Å². The lowest BCUT2D eigenvalue weighted by Gasteiger charge is -2.32. The van der Waals surface area contributed by atoms with Crippen molar-refractivity contribution in [1.82, 2.24) is 25.0 Å². The first-order valence-corrected chi connectivity index (χ1v) is 11.1. The highest BCUT2D eigenvalue weighted by Gasteiger charge is 2.25. The van der Waals surface area contributed by atoms with Gasteiger partial charge in [-0.15, -0.1) is 0 Å². The van der Waals surface area contributed by atoms with Gasteiger partial charge in [-0.2, -0.15) is 5.10 Å². The zero-order chi connectivity index (χ0) is 21.8. The van der Waals surface area contributed by atoms with Crippen molar-refractivity contribution < 1.29 is 4.79 Å². The highest BCUT2D eigenvalue weighted by molar-refractivity contribution is 5.95. The zero-order valence-corrected chi connectivity index (χ0v) is 18.6. The topological polar surface area (TPSA) is 63.1 Å². The van der Waals surface area contributed by atoms with E-state index in [1.807, 2.05) is 18.2 Å². The number of carbonyl (C=O) groups excluding carboxylic acids is 1. The van der Waals surface area contributed by atoms with Gasteiger partial charge in [0.05, 0.1) is 17.5 Å². The van der Waals surface area contributed by atoms with Crippen molar-refractivity contribution in [2.75, 3.05) is 13.1 Å². The summed E-state index contributed by atoms with van der Waals surface area (Å²) in [6, 6.07) is 14.5. The third kappa shape index (κ3) is 4.85. The van der Waals surface area contributed by atoms with Crippen molar-refractivity contribution >= 4 is 5.91 Å². The SMILES string of the molecule is Cc1ccccc1CN1CCC(NC(=O)c2cnn(-c3ccccn3)c2C(C)C)CC1. The summed E-state index contributed by atoms with van der Waals surface area (Å²) in [6.07, 6.45) is 5.34. The van der Waals surface area contributed by atoms with Crippen LogP contribution in [0.4, 0.5) is 0 Å². The Morgan fingerprint density at radius 1 is 1.13 bits per heavy atom. The molecule has 6 nitrogen and oxygen atoms in total. The van der Waals surface area contributed by atoms with Crippen molar-refractivity contribution in [1.29, 1.82) is 0 Å². The Labute approximate surface area is 184 Å². The highest BCUT2D eigenvalue weighted by atomic mass is 16.1. The van der Waals surface area contributed by atoms with Gasteiger partial charge in [-0.05, 0) is 48.9 Å². The maximum atomic E-state index is 13.1. The van der Waals surface area contributed by atoms with Gasteiger partial charge in [-0.25, -0.2) is 9.67 Å². The maximum Gasteiger partial charge on any atom is 0.255 e. The molecular weight excluding hydrogens is 386 g/mol. The molecule has 1 aromatic carbocycles. The second kappa shape index (κ2) is 9.43. The lowest BCUT2D eigenvalue weighted by atomic mass is 10.0. The van der Waals surface area contributed by atoms with Crippen LogP contribution in [0.2, 0.25) is 0 Å². The van der Waals surface area contributed by atoms with E-state index in [1.54, 1.807) is 17.1 Å². The van der Waals surface area contributed by atoms with Crippen LogP contribution in [0.5, 0.6) is 0 Å². The number of rotatable bonds is 6. The van der Waals surface area contributed by atoms with Crippen LogP contribution < -0.4 is 5.32 Å². The second-order valence-corrected chi connectivity index (χ2v) is 8.65. The quantitative estimate of drug-likeness (QED) is 0.656. The van der Waals surface area contributed by atoms with Crippen LogP contribution >= 0.6 is 0 Å². The molecule has 1 N–H and O–H groups in total. The monoisotopic (exact) mass is 417 g/mol. The number of aryl methyl sites for hydroxylation is 1. The number of piperidine rings is 1. The van der Waals surface area contributed by atoms with E-state index in [2.05, 4.69) is 65.3 Å². The number of benzene rings is 1. The normalized spacial score (nSPS) is 15.4. The molecule has 0 atom stereocenters. The molecule has 1 amide bonds. The van der Waals surface area contributed by atoms with Gasteiger partial charge in [0.25, 0.3) is 5.91 Å². The standard InChI is InChI=1S/C25H31N5O/c1-18(2)24-22(16-27-30(24)23-10-6-7-13-26-23)25(31)28-21-11-14-29(15-12-21)17-20-9-5-4-8-19(20)3/h4-10,13,16,18,21H,11-12,14-15,17H2,1-3H3,(H,28,31). The summed E-state index contributed by atoms with van der Waals surface area (Å²) in [5, 5.41) is 7.73. The molecule has 3 heterocycles. The van der Waals surface area contributed by atoms with Crippen LogP contribution in [0.15, 0.2) is 54.9 Å². The van der Waals surface area contributed by atoms with E-state index in [0.717, 1.165) is 44.0 Å². The molecule has 0 bridgehead atoms. The number of nitrogens with one attached hydrogen (secondary N) is 1. The molecule has 1 aliphatic heterocycles. The molecule has 6 heteroatoms. The van der Waals surface area contributed by atoms with Crippen molar-refractivity contribution in [3.8, 4) is 5.82 Å². The summed E-state index contributed by atoms with van der Waals surface area (Å²) in [7, 11) is 0. The van der Waals surface area contributed by atoms with Crippen molar-refractivity contribution in [3.05, 3.63) is 77.2 Å². The van der Waals surface area contributed by atoms with Gasteiger partial charge in [-0.3, -0.25) is 9.69 Å². The van der Waals surface area contributed by atoms with Crippen molar-refractivity contribution in [2.24, 2.45) is 0 Å². The number of hydrogen-bond donors (Lipinski definition) is 1. The first kappa shape index (κ1) is 21.2. The van der Waals surface area contributed by atoms with Crippen LogP contribution in [0, 0.1) is 6.92 Å². The van der Waals surface area contributed by atoms with Crippen LogP contribution in [-0.4, -0.2) is 44.7 Å².